The molecule has 0 aliphatic carbocycles. The van der Waals surface area contributed by atoms with E-state index in [9.17, 15) is 9.59 Å². The fourth-order valence-corrected chi connectivity index (χ4v) is 4.26. The van der Waals surface area contributed by atoms with E-state index in [0.29, 0.717) is 13.2 Å². The van der Waals surface area contributed by atoms with Gasteiger partial charge < -0.3 is 20.3 Å². The molecule has 3 rings (SSSR count). The molecule has 6 heteroatoms. The van der Waals surface area contributed by atoms with E-state index in [1.54, 1.807) is 12.1 Å². The highest BCUT2D eigenvalue weighted by molar-refractivity contribution is 5.87. The minimum absolute atomic E-state index is 0.0776. The van der Waals surface area contributed by atoms with Crippen LogP contribution in [0.1, 0.15) is 52.7 Å². The monoisotopic (exact) mass is 515 g/mol. The Morgan fingerprint density at radius 1 is 0.842 bits per heavy atom. The lowest BCUT2D eigenvalue weighted by molar-refractivity contribution is -0.135. The lowest BCUT2D eigenvalue weighted by Gasteiger charge is -2.14. The molecule has 38 heavy (non-hydrogen) atoms. The summed E-state index contributed by atoms with van der Waals surface area (Å²) in [6.45, 7) is 1.15. The molecular formula is C32H37NO5. The summed E-state index contributed by atoms with van der Waals surface area (Å²) < 4.78 is 6.12. The van der Waals surface area contributed by atoms with E-state index in [2.05, 4.69) is 41.7 Å². The van der Waals surface area contributed by atoms with Crippen molar-refractivity contribution in [3.8, 4) is 5.75 Å². The largest absolute Gasteiger partial charge is 0.493 e. The number of ether oxygens (including phenoxy) is 1. The van der Waals surface area contributed by atoms with E-state index in [4.69, 9.17) is 14.9 Å². The van der Waals surface area contributed by atoms with Gasteiger partial charge in [-0.1, -0.05) is 72.8 Å². The van der Waals surface area contributed by atoms with E-state index < -0.39 is 11.9 Å². The van der Waals surface area contributed by atoms with Crippen molar-refractivity contribution >= 4 is 18.0 Å². The van der Waals surface area contributed by atoms with Gasteiger partial charge in [0, 0.05) is 5.56 Å². The van der Waals surface area contributed by atoms with Crippen LogP contribution in [-0.4, -0.2) is 41.8 Å². The second-order valence-corrected chi connectivity index (χ2v) is 9.37. The van der Waals surface area contributed by atoms with Crippen molar-refractivity contribution < 1.29 is 24.5 Å². The maximum Gasteiger partial charge on any atom is 0.335 e. The minimum Gasteiger partial charge on any atom is -0.493 e. The zero-order valence-electron chi connectivity index (χ0n) is 21.7. The average Bonchev–Trinajstić information content (AvgIpc) is 2.92. The molecular weight excluding hydrogens is 478 g/mol. The summed E-state index contributed by atoms with van der Waals surface area (Å²) in [6.07, 6.45) is 9.99. The fourth-order valence-electron chi connectivity index (χ4n) is 4.26. The van der Waals surface area contributed by atoms with Crippen LogP contribution in [0.15, 0.2) is 84.9 Å². The third-order valence-corrected chi connectivity index (χ3v) is 6.34. The van der Waals surface area contributed by atoms with Crippen molar-refractivity contribution in [2.24, 2.45) is 5.92 Å². The van der Waals surface area contributed by atoms with Crippen molar-refractivity contribution in [3.63, 3.8) is 0 Å². The Morgan fingerprint density at radius 2 is 1.58 bits per heavy atom. The molecule has 3 N–H and O–H groups in total. The highest BCUT2D eigenvalue weighted by Gasteiger charge is 2.10. The Kier molecular flexibility index (Phi) is 12.1. The topological polar surface area (TPSA) is 95.9 Å². The summed E-state index contributed by atoms with van der Waals surface area (Å²) in [7, 11) is 0. The number of hydrogen-bond acceptors (Lipinski definition) is 4. The standard InChI is InChI=1S/C32H37NO5/c34-31(35)24-33-21-20-27(23-26-15-18-29(19-16-26)32(36)37)14-17-28-12-6-7-13-30(28)38-22-8-2-5-11-25-9-3-1-4-10-25/h1,3-4,6-7,9-10,12-19,27,33H,2,5,8,11,20-24H2,(H,34,35)(H,36,37)/b17-14+. The van der Waals surface area contributed by atoms with Crippen LogP contribution in [0.2, 0.25) is 0 Å². The molecule has 0 aromatic heterocycles. The number of para-hydroxylation sites is 1. The normalized spacial score (nSPS) is 11.9. The molecule has 0 spiro atoms. The van der Waals surface area contributed by atoms with Gasteiger partial charge in [-0.25, -0.2) is 4.79 Å². The molecule has 0 fully saturated rings. The summed E-state index contributed by atoms with van der Waals surface area (Å²) in [4.78, 5) is 22.0. The number of allylic oxidation sites excluding steroid dienone is 1. The van der Waals surface area contributed by atoms with Gasteiger partial charge >= 0.3 is 11.9 Å². The Hall–Kier alpha value is -3.90. The summed E-state index contributed by atoms with van der Waals surface area (Å²) in [5.74, 6) is -0.843. The number of nitrogens with one attached hydrogen (secondary N) is 1. The SMILES string of the molecule is O=C(O)CNCCC(/C=C/c1ccccc1OCCCCCc1ccccc1)Cc1ccc(C(=O)O)cc1. The number of carbonyl (C=O) groups is 2. The molecule has 6 nitrogen and oxygen atoms in total. The fraction of sp³-hybridized carbons (Fsp3) is 0.312. The van der Waals surface area contributed by atoms with Crippen LogP contribution in [0.25, 0.3) is 6.08 Å². The Morgan fingerprint density at radius 3 is 2.32 bits per heavy atom. The molecule has 0 saturated carbocycles. The molecule has 0 aliphatic rings. The molecule has 0 saturated heterocycles. The number of aromatic carboxylic acids is 1. The highest BCUT2D eigenvalue weighted by atomic mass is 16.5. The van der Waals surface area contributed by atoms with Crippen LogP contribution >= 0.6 is 0 Å². The molecule has 0 radical (unpaired) electrons. The molecule has 3 aromatic rings. The van der Waals surface area contributed by atoms with Gasteiger partial charge in [0.25, 0.3) is 0 Å². The first-order chi connectivity index (χ1) is 18.5. The molecule has 200 valence electrons. The van der Waals surface area contributed by atoms with Crippen LogP contribution < -0.4 is 10.1 Å². The number of carboxylic acid groups (broad SMARTS) is 2. The van der Waals surface area contributed by atoms with Gasteiger partial charge in [-0.05, 0) is 80.3 Å². The first-order valence-corrected chi connectivity index (χ1v) is 13.2. The number of benzene rings is 3. The van der Waals surface area contributed by atoms with E-state index in [1.807, 2.05) is 42.5 Å². The van der Waals surface area contributed by atoms with Gasteiger partial charge in [-0.15, -0.1) is 0 Å². The predicted molar refractivity (Wildman–Crippen MR) is 151 cm³/mol. The third-order valence-electron chi connectivity index (χ3n) is 6.34. The molecule has 0 amide bonds. The Bertz CT molecular complexity index is 1160. The number of aryl methyl sites for hydroxylation is 1. The van der Waals surface area contributed by atoms with E-state index in [1.165, 1.54) is 5.56 Å². The highest BCUT2D eigenvalue weighted by Crippen LogP contribution is 2.23. The Balaban J connectivity index is 1.56. The first-order valence-electron chi connectivity index (χ1n) is 13.2. The number of carboxylic acids is 2. The van der Waals surface area contributed by atoms with E-state index >= 15 is 0 Å². The van der Waals surface area contributed by atoms with Crippen LogP contribution in [-0.2, 0) is 17.6 Å². The molecule has 0 heterocycles. The number of aliphatic carboxylic acids is 1. The maximum absolute atomic E-state index is 11.2. The second-order valence-electron chi connectivity index (χ2n) is 9.37. The van der Waals surface area contributed by atoms with Gasteiger partial charge in [0.15, 0.2) is 0 Å². The van der Waals surface area contributed by atoms with Crippen molar-refractivity contribution in [2.75, 3.05) is 19.7 Å². The van der Waals surface area contributed by atoms with Gasteiger partial charge in [0.2, 0.25) is 0 Å². The minimum atomic E-state index is -0.946. The summed E-state index contributed by atoms with van der Waals surface area (Å²) in [5.41, 5.74) is 3.66. The van der Waals surface area contributed by atoms with Crippen LogP contribution in [0, 0.1) is 5.92 Å². The quantitative estimate of drug-likeness (QED) is 0.188. The number of unbranched alkanes of at least 4 members (excludes halogenated alkanes) is 2. The van der Waals surface area contributed by atoms with Gasteiger partial charge in [0.05, 0.1) is 18.7 Å². The van der Waals surface area contributed by atoms with Gasteiger partial charge in [0.1, 0.15) is 5.75 Å². The van der Waals surface area contributed by atoms with E-state index in [-0.39, 0.29) is 18.0 Å². The van der Waals surface area contributed by atoms with Crippen molar-refractivity contribution in [2.45, 2.75) is 38.5 Å². The Labute approximate surface area is 225 Å². The third kappa shape index (κ3) is 10.6. The number of rotatable bonds is 17. The smallest absolute Gasteiger partial charge is 0.335 e. The van der Waals surface area contributed by atoms with Crippen molar-refractivity contribution in [1.29, 1.82) is 0 Å². The second kappa shape index (κ2) is 16.0. The zero-order valence-corrected chi connectivity index (χ0v) is 21.7. The van der Waals surface area contributed by atoms with Gasteiger partial charge in [-0.2, -0.15) is 0 Å². The van der Waals surface area contributed by atoms with Crippen LogP contribution in [0.3, 0.4) is 0 Å². The van der Waals surface area contributed by atoms with Crippen LogP contribution in [0.5, 0.6) is 5.75 Å². The molecule has 3 aromatic carbocycles. The van der Waals surface area contributed by atoms with Crippen molar-refractivity contribution in [3.05, 3.63) is 107 Å². The summed E-state index contributed by atoms with van der Waals surface area (Å²) in [5, 5.41) is 21.0. The number of hydrogen-bond donors (Lipinski definition) is 3. The molecule has 1 unspecified atom stereocenters. The van der Waals surface area contributed by atoms with Gasteiger partial charge in [-0.3, -0.25) is 4.79 Å². The van der Waals surface area contributed by atoms with Crippen LogP contribution in [0.4, 0.5) is 0 Å². The summed E-state index contributed by atoms with van der Waals surface area (Å²) >= 11 is 0. The zero-order chi connectivity index (χ0) is 27.0. The maximum atomic E-state index is 11.2. The predicted octanol–water partition coefficient (Wildman–Crippen LogP) is 6.11. The van der Waals surface area contributed by atoms with E-state index in [0.717, 1.165) is 55.4 Å². The molecule has 0 aliphatic heterocycles. The lowest BCUT2D eigenvalue weighted by atomic mass is 9.94. The average molecular weight is 516 g/mol. The van der Waals surface area contributed by atoms with Crippen molar-refractivity contribution in [1.82, 2.24) is 5.32 Å². The first kappa shape index (κ1) is 28.7. The molecule has 0 bridgehead atoms. The molecule has 1 atom stereocenters. The lowest BCUT2D eigenvalue weighted by Crippen LogP contribution is -2.25. The summed E-state index contributed by atoms with van der Waals surface area (Å²) in [6, 6.07) is 25.4.